The molecule has 0 saturated carbocycles. The Morgan fingerprint density at radius 3 is 2.09 bits per heavy atom. The monoisotopic (exact) mass is 307 g/mol. The van der Waals surface area contributed by atoms with E-state index in [4.69, 9.17) is 4.74 Å². The van der Waals surface area contributed by atoms with Crippen molar-refractivity contribution in [1.29, 1.82) is 0 Å². The molecule has 0 N–H and O–H groups in total. The van der Waals surface area contributed by atoms with Gasteiger partial charge < -0.3 is 4.74 Å². The molecule has 0 unspecified atom stereocenters. The molecule has 0 heterocycles. The van der Waals surface area contributed by atoms with Gasteiger partial charge in [0.25, 0.3) is 5.69 Å². The van der Waals surface area contributed by atoms with E-state index in [-0.39, 0.29) is 10.6 Å². The molecule has 1 rings (SSSR count). The van der Waals surface area contributed by atoms with Crippen molar-refractivity contribution in [2.24, 2.45) is 0 Å². The smallest absolute Gasteiger partial charge is 0.269 e. The first-order valence-corrected chi connectivity index (χ1v) is 8.55. The average Bonchev–Trinajstić information content (AvgIpc) is 2.53. The zero-order valence-corrected chi connectivity index (χ0v) is 13.8. The van der Waals surface area contributed by atoms with Crippen LogP contribution in [-0.2, 0) is 11.2 Å². The molecule has 0 saturated heterocycles. The second-order valence-electron chi connectivity index (χ2n) is 5.76. The Kier molecular flexibility index (Phi) is 10.3. The molecule has 0 radical (unpaired) electrons. The van der Waals surface area contributed by atoms with Gasteiger partial charge in [0.15, 0.2) is 0 Å². The van der Waals surface area contributed by atoms with Crippen LogP contribution in [-0.4, -0.2) is 18.1 Å². The van der Waals surface area contributed by atoms with Crippen LogP contribution in [0.4, 0.5) is 5.69 Å². The second kappa shape index (κ2) is 12.2. The van der Waals surface area contributed by atoms with Crippen LogP contribution >= 0.6 is 0 Å². The molecule has 124 valence electrons. The van der Waals surface area contributed by atoms with Gasteiger partial charge in [-0.1, -0.05) is 51.2 Å². The molecule has 22 heavy (non-hydrogen) atoms. The molecule has 1 aromatic carbocycles. The summed E-state index contributed by atoms with van der Waals surface area (Å²) in [6, 6.07) is 6.89. The molecule has 0 atom stereocenters. The van der Waals surface area contributed by atoms with Crippen LogP contribution in [0.25, 0.3) is 0 Å². The standard InChI is InChI=1S/C18H29NO3/c1-2-3-4-8-15-22-16-9-6-5-7-10-17-11-13-18(14-12-17)19(20)21/h11-14H,2-10,15-16H2,1H3. The summed E-state index contributed by atoms with van der Waals surface area (Å²) in [4.78, 5) is 10.2. The predicted octanol–water partition coefficient (Wildman–Crippen LogP) is 5.29. The zero-order chi connectivity index (χ0) is 16.0. The third-order valence-electron chi connectivity index (χ3n) is 3.79. The highest BCUT2D eigenvalue weighted by molar-refractivity contribution is 5.32. The van der Waals surface area contributed by atoms with Crippen LogP contribution in [0.15, 0.2) is 24.3 Å². The minimum atomic E-state index is -0.355. The van der Waals surface area contributed by atoms with E-state index in [0.29, 0.717) is 0 Å². The Morgan fingerprint density at radius 1 is 0.909 bits per heavy atom. The normalized spacial score (nSPS) is 10.8. The molecule has 0 fully saturated rings. The Bertz CT molecular complexity index is 403. The van der Waals surface area contributed by atoms with Gasteiger partial charge in [-0.3, -0.25) is 10.1 Å². The van der Waals surface area contributed by atoms with Gasteiger partial charge in [-0.25, -0.2) is 0 Å². The molecule has 0 aromatic heterocycles. The third kappa shape index (κ3) is 8.78. The number of hydrogen-bond acceptors (Lipinski definition) is 3. The quantitative estimate of drug-likeness (QED) is 0.282. The maximum absolute atomic E-state index is 10.6. The third-order valence-corrected chi connectivity index (χ3v) is 3.79. The van der Waals surface area contributed by atoms with Crippen molar-refractivity contribution in [1.82, 2.24) is 0 Å². The Labute approximate surface area is 134 Å². The molecular weight excluding hydrogens is 278 g/mol. The molecule has 0 aliphatic carbocycles. The lowest BCUT2D eigenvalue weighted by Gasteiger charge is -2.04. The first-order valence-electron chi connectivity index (χ1n) is 8.55. The van der Waals surface area contributed by atoms with E-state index in [2.05, 4.69) is 6.92 Å². The summed E-state index contributed by atoms with van der Waals surface area (Å²) < 4.78 is 5.62. The van der Waals surface area contributed by atoms with Crippen LogP contribution in [0.1, 0.15) is 63.9 Å². The number of aryl methyl sites for hydroxylation is 1. The Morgan fingerprint density at radius 2 is 1.50 bits per heavy atom. The highest BCUT2D eigenvalue weighted by atomic mass is 16.6. The van der Waals surface area contributed by atoms with Gasteiger partial charge in [-0.05, 0) is 31.2 Å². The van der Waals surface area contributed by atoms with E-state index in [1.54, 1.807) is 12.1 Å². The summed E-state index contributed by atoms with van der Waals surface area (Å²) in [5, 5.41) is 10.6. The van der Waals surface area contributed by atoms with E-state index in [9.17, 15) is 10.1 Å². The molecule has 0 aliphatic heterocycles. The number of hydrogen-bond donors (Lipinski definition) is 0. The first kappa shape index (κ1) is 18.6. The van der Waals surface area contributed by atoms with Crippen molar-refractivity contribution >= 4 is 5.69 Å². The predicted molar refractivity (Wildman–Crippen MR) is 90.2 cm³/mol. The van der Waals surface area contributed by atoms with Crippen molar-refractivity contribution < 1.29 is 9.66 Å². The van der Waals surface area contributed by atoms with Crippen LogP contribution in [0.2, 0.25) is 0 Å². The minimum absolute atomic E-state index is 0.167. The minimum Gasteiger partial charge on any atom is -0.381 e. The number of benzene rings is 1. The number of unbranched alkanes of at least 4 members (excludes halogenated alkanes) is 6. The summed E-state index contributed by atoms with van der Waals surface area (Å²) in [6.07, 6.45) is 10.7. The van der Waals surface area contributed by atoms with Crippen molar-refractivity contribution in [3.63, 3.8) is 0 Å². The van der Waals surface area contributed by atoms with Crippen molar-refractivity contribution in [3.05, 3.63) is 39.9 Å². The number of non-ortho nitro benzene ring substituents is 1. The molecular formula is C18H29NO3. The summed E-state index contributed by atoms with van der Waals surface area (Å²) >= 11 is 0. The summed E-state index contributed by atoms with van der Waals surface area (Å²) in [7, 11) is 0. The lowest BCUT2D eigenvalue weighted by molar-refractivity contribution is -0.384. The summed E-state index contributed by atoms with van der Waals surface area (Å²) in [6.45, 7) is 4.00. The van der Waals surface area contributed by atoms with Gasteiger partial charge >= 0.3 is 0 Å². The van der Waals surface area contributed by atoms with E-state index in [1.165, 1.54) is 44.1 Å². The summed E-state index contributed by atoms with van der Waals surface area (Å²) in [5.74, 6) is 0. The number of rotatable bonds is 13. The van der Waals surface area contributed by atoms with Gasteiger partial charge in [0.1, 0.15) is 0 Å². The molecule has 4 nitrogen and oxygen atoms in total. The molecule has 0 bridgehead atoms. The lowest BCUT2D eigenvalue weighted by Crippen LogP contribution is -1.97. The maximum Gasteiger partial charge on any atom is 0.269 e. The van der Waals surface area contributed by atoms with Crippen LogP contribution in [0, 0.1) is 10.1 Å². The number of nitro groups is 1. The fourth-order valence-electron chi connectivity index (χ4n) is 2.40. The van der Waals surface area contributed by atoms with Crippen LogP contribution in [0.3, 0.4) is 0 Å². The second-order valence-corrected chi connectivity index (χ2v) is 5.76. The fourth-order valence-corrected chi connectivity index (χ4v) is 2.40. The number of nitrogens with zero attached hydrogens (tertiary/aromatic N) is 1. The average molecular weight is 307 g/mol. The van der Waals surface area contributed by atoms with Crippen LogP contribution in [0.5, 0.6) is 0 Å². The summed E-state index contributed by atoms with van der Waals surface area (Å²) in [5.41, 5.74) is 1.35. The molecule has 1 aromatic rings. The highest BCUT2D eigenvalue weighted by Gasteiger charge is 2.03. The largest absolute Gasteiger partial charge is 0.381 e. The zero-order valence-electron chi connectivity index (χ0n) is 13.8. The van der Waals surface area contributed by atoms with E-state index < -0.39 is 0 Å². The molecule has 0 spiro atoms. The number of nitro benzene ring substituents is 1. The van der Waals surface area contributed by atoms with E-state index in [0.717, 1.165) is 32.5 Å². The number of ether oxygens (including phenoxy) is 1. The van der Waals surface area contributed by atoms with Gasteiger partial charge in [-0.2, -0.15) is 0 Å². The van der Waals surface area contributed by atoms with Gasteiger partial charge in [0.2, 0.25) is 0 Å². The van der Waals surface area contributed by atoms with Crippen LogP contribution < -0.4 is 0 Å². The van der Waals surface area contributed by atoms with Gasteiger partial charge in [-0.15, -0.1) is 0 Å². The first-order chi connectivity index (χ1) is 10.7. The fraction of sp³-hybridized carbons (Fsp3) is 0.667. The lowest BCUT2D eigenvalue weighted by atomic mass is 10.1. The van der Waals surface area contributed by atoms with Gasteiger partial charge in [0, 0.05) is 25.3 Å². The molecule has 0 amide bonds. The molecule has 0 aliphatic rings. The molecule has 4 heteroatoms. The topological polar surface area (TPSA) is 52.4 Å². The van der Waals surface area contributed by atoms with E-state index >= 15 is 0 Å². The van der Waals surface area contributed by atoms with Crippen molar-refractivity contribution in [2.45, 2.75) is 64.7 Å². The SMILES string of the molecule is CCCCCCOCCCCCCc1ccc([N+](=O)[O-])cc1. The highest BCUT2D eigenvalue weighted by Crippen LogP contribution is 2.14. The Balaban J connectivity index is 1.94. The van der Waals surface area contributed by atoms with E-state index in [1.807, 2.05) is 12.1 Å². The van der Waals surface area contributed by atoms with Crippen molar-refractivity contribution in [2.75, 3.05) is 13.2 Å². The van der Waals surface area contributed by atoms with Crippen molar-refractivity contribution in [3.8, 4) is 0 Å². The maximum atomic E-state index is 10.6. The van der Waals surface area contributed by atoms with Gasteiger partial charge in [0.05, 0.1) is 4.92 Å². The Hall–Kier alpha value is -1.42.